The predicted molar refractivity (Wildman–Crippen MR) is 108 cm³/mol. The molecule has 0 fully saturated rings. The summed E-state index contributed by atoms with van der Waals surface area (Å²) in [5.74, 6) is 1.72. The molecule has 0 saturated heterocycles. The third kappa shape index (κ3) is 5.02. The van der Waals surface area contributed by atoms with Gasteiger partial charge in [0.05, 0.1) is 31.0 Å². The molecular weight excluding hydrogens is 380 g/mol. The second-order valence-corrected chi connectivity index (χ2v) is 7.02. The number of carbonyl (C=O) groups is 1. The van der Waals surface area contributed by atoms with E-state index < -0.39 is 0 Å². The zero-order chi connectivity index (χ0) is 19.8. The number of methoxy groups -OCH3 is 1. The maximum absolute atomic E-state index is 12.0. The number of amides is 1. The normalized spacial score (nSPS) is 11.1. The number of hydrogen-bond donors (Lipinski definition) is 2. The Balaban J connectivity index is 1.74. The van der Waals surface area contributed by atoms with E-state index in [1.165, 1.54) is 6.26 Å². The highest BCUT2D eigenvalue weighted by molar-refractivity contribution is 7.99. The van der Waals surface area contributed by atoms with Crippen LogP contribution in [-0.4, -0.2) is 58.2 Å². The van der Waals surface area contributed by atoms with Crippen LogP contribution >= 0.6 is 11.8 Å². The van der Waals surface area contributed by atoms with Gasteiger partial charge in [-0.2, -0.15) is 5.10 Å². The summed E-state index contributed by atoms with van der Waals surface area (Å²) in [6, 6.07) is 3.31. The summed E-state index contributed by atoms with van der Waals surface area (Å²) in [7, 11) is 1.66. The van der Waals surface area contributed by atoms with Gasteiger partial charge in [0.15, 0.2) is 16.6 Å². The van der Waals surface area contributed by atoms with Gasteiger partial charge in [0.1, 0.15) is 5.82 Å². The van der Waals surface area contributed by atoms with E-state index in [1.54, 1.807) is 41.9 Å². The number of furan rings is 1. The van der Waals surface area contributed by atoms with Crippen molar-refractivity contribution in [3.63, 3.8) is 0 Å². The maximum atomic E-state index is 12.0. The van der Waals surface area contributed by atoms with E-state index in [1.807, 2.05) is 0 Å². The minimum Gasteiger partial charge on any atom is -0.459 e. The average Bonchev–Trinajstić information content (AvgIpc) is 3.37. The van der Waals surface area contributed by atoms with Crippen LogP contribution in [0.25, 0.3) is 11.0 Å². The second-order valence-electron chi connectivity index (χ2n) is 5.96. The van der Waals surface area contributed by atoms with Crippen molar-refractivity contribution in [2.75, 3.05) is 37.9 Å². The third-order valence-electron chi connectivity index (χ3n) is 3.86. The minimum absolute atomic E-state index is 0.253. The van der Waals surface area contributed by atoms with Crippen molar-refractivity contribution < 1.29 is 13.9 Å². The van der Waals surface area contributed by atoms with E-state index in [0.717, 1.165) is 29.0 Å². The maximum Gasteiger partial charge on any atom is 0.287 e. The molecule has 10 heteroatoms. The number of ether oxygens (including phenoxy) is 1. The highest BCUT2D eigenvalue weighted by Crippen LogP contribution is 2.24. The summed E-state index contributed by atoms with van der Waals surface area (Å²) in [5, 5.41) is 12.1. The summed E-state index contributed by atoms with van der Waals surface area (Å²) in [6.07, 6.45) is 4.25. The Morgan fingerprint density at radius 2 is 2.25 bits per heavy atom. The molecule has 3 aromatic rings. The number of thioether (sulfide) groups is 1. The van der Waals surface area contributed by atoms with Gasteiger partial charge in [-0.15, -0.1) is 0 Å². The van der Waals surface area contributed by atoms with Gasteiger partial charge in [0, 0.05) is 26.0 Å². The zero-order valence-electron chi connectivity index (χ0n) is 16.0. The van der Waals surface area contributed by atoms with Crippen molar-refractivity contribution in [3.05, 3.63) is 30.4 Å². The number of aromatic nitrogens is 4. The Hall–Kier alpha value is -2.59. The lowest BCUT2D eigenvalue weighted by Gasteiger charge is -2.09. The molecule has 150 valence electrons. The van der Waals surface area contributed by atoms with Gasteiger partial charge in [0.2, 0.25) is 0 Å². The van der Waals surface area contributed by atoms with Crippen LogP contribution in [0.1, 0.15) is 23.9 Å². The standard InChI is InChI=1S/C18H24N6O3S/c1-3-11-28-18-22-15(19-7-10-26-2)13-12-21-24(16(13)23-18)8-6-20-17(25)14-5-4-9-27-14/h4-5,9,12H,3,6-8,10-11H2,1-2H3,(H,20,25)(H,19,22,23). The van der Waals surface area contributed by atoms with E-state index in [0.29, 0.717) is 31.4 Å². The van der Waals surface area contributed by atoms with Crippen molar-refractivity contribution in [3.8, 4) is 0 Å². The molecular formula is C18H24N6O3S. The number of nitrogens with zero attached hydrogens (tertiary/aromatic N) is 4. The summed E-state index contributed by atoms with van der Waals surface area (Å²) in [5.41, 5.74) is 0.737. The summed E-state index contributed by atoms with van der Waals surface area (Å²) in [4.78, 5) is 21.3. The van der Waals surface area contributed by atoms with Gasteiger partial charge in [-0.3, -0.25) is 4.79 Å². The molecule has 0 aliphatic carbocycles. The first kappa shape index (κ1) is 20.2. The number of nitrogens with one attached hydrogen (secondary N) is 2. The highest BCUT2D eigenvalue weighted by Gasteiger charge is 2.14. The lowest BCUT2D eigenvalue weighted by molar-refractivity contribution is 0.0924. The predicted octanol–water partition coefficient (Wildman–Crippen LogP) is 2.41. The van der Waals surface area contributed by atoms with Gasteiger partial charge in [-0.1, -0.05) is 18.7 Å². The molecule has 0 bridgehead atoms. The number of anilines is 1. The van der Waals surface area contributed by atoms with Crippen molar-refractivity contribution in [2.24, 2.45) is 0 Å². The Labute approximate surface area is 167 Å². The molecule has 9 nitrogen and oxygen atoms in total. The van der Waals surface area contributed by atoms with Crippen LogP contribution in [0.3, 0.4) is 0 Å². The lowest BCUT2D eigenvalue weighted by Crippen LogP contribution is -2.27. The molecule has 0 aliphatic heterocycles. The van der Waals surface area contributed by atoms with Crippen molar-refractivity contribution in [2.45, 2.75) is 25.0 Å². The first-order chi connectivity index (χ1) is 13.7. The molecule has 2 N–H and O–H groups in total. The van der Waals surface area contributed by atoms with Crippen molar-refractivity contribution in [1.29, 1.82) is 0 Å². The van der Waals surface area contributed by atoms with Crippen LogP contribution in [-0.2, 0) is 11.3 Å². The van der Waals surface area contributed by atoms with Gasteiger partial charge in [-0.05, 0) is 18.6 Å². The number of rotatable bonds is 11. The van der Waals surface area contributed by atoms with Crippen LogP contribution in [0.15, 0.2) is 34.2 Å². The Morgan fingerprint density at radius 1 is 1.36 bits per heavy atom. The molecule has 3 rings (SSSR count). The molecule has 28 heavy (non-hydrogen) atoms. The van der Waals surface area contributed by atoms with Crippen molar-refractivity contribution >= 4 is 34.5 Å². The van der Waals surface area contributed by atoms with E-state index >= 15 is 0 Å². The van der Waals surface area contributed by atoms with Crippen LogP contribution in [0.5, 0.6) is 0 Å². The molecule has 0 saturated carbocycles. The minimum atomic E-state index is -0.253. The fraction of sp³-hybridized carbons (Fsp3) is 0.444. The summed E-state index contributed by atoms with van der Waals surface area (Å²) in [6.45, 7) is 4.24. The van der Waals surface area contributed by atoms with E-state index in [9.17, 15) is 4.79 Å². The fourth-order valence-electron chi connectivity index (χ4n) is 2.53. The average molecular weight is 404 g/mol. The Morgan fingerprint density at radius 3 is 3.00 bits per heavy atom. The molecule has 3 heterocycles. The van der Waals surface area contributed by atoms with E-state index in [4.69, 9.17) is 9.15 Å². The fourth-order valence-corrected chi connectivity index (χ4v) is 3.23. The van der Waals surface area contributed by atoms with Gasteiger partial charge in [-0.25, -0.2) is 14.6 Å². The summed E-state index contributed by atoms with van der Waals surface area (Å²) >= 11 is 1.61. The van der Waals surface area contributed by atoms with Gasteiger partial charge in [0.25, 0.3) is 5.91 Å². The molecule has 0 aliphatic rings. The number of fused-ring (bicyclic) bond motifs is 1. The first-order valence-electron chi connectivity index (χ1n) is 9.13. The summed E-state index contributed by atoms with van der Waals surface area (Å²) < 4.78 is 12.0. The smallest absolute Gasteiger partial charge is 0.287 e. The first-order valence-corrected chi connectivity index (χ1v) is 10.1. The molecule has 0 spiro atoms. The van der Waals surface area contributed by atoms with E-state index in [2.05, 4.69) is 32.6 Å². The third-order valence-corrected chi connectivity index (χ3v) is 4.92. The molecule has 0 radical (unpaired) electrons. The van der Waals surface area contributed by atoms with Gasteiger partial charge >= 0.3 is 0 Å². The van der Waals surface area contributed by atoms with Crippen LogP contribution in [0.4, 0.5) is 5.82 Å². The molecule has 0 aromatic carbocycles. The molecule has 1 amide bonds. The monoisotopic (exact) mass is 404 g/mol. The van der Waals surface area contributed by atoms with Crippen molar-refractivity contribution in [1.82, 2.24) is 25.1 Å². The molecule has 0 unspecified atom stereocenters. The highest BCUT2D eigenvalue weighted by atomic mass is 32.2. The molecule has 0 atom stereocenters. The number of carbonyl (C=O) groups excluding carboxylic acids is 1. The number of hydrogen-bond acceptors (Lipinski definition) is 8. The Kier molecular flexibility index (Phi) is 7.26. The largest absolute Gasteiger partial charge is 0.459 e. The quantitative estimate of drug-likeness (QED) is 0.285. The SMILES string of the molecule is CCCSc1nc(NCCOC)c2cnn(CCNC(=O)c3ccco3)c2n1. The van der Waals surface area contributed by atoms with E-state index in [-0.39, 0.29) is 11.7 Å². The molecule has 3 aromatic heterocycles. The topological polar surface area (TPSA) is 107 Å². The van der Waals surface area contributed by atoms with Crippen LogP contribution in [0, 0.1) is 0 Å². The zero-order valence-corrected chi connectivity index (χ0v) is 16.8. The Bertz CT molecular complexity index is 896. The van der Waals surface area contributed by atoms with Gasteiger partial charge < -0.3 is 19.8 Å². The van der Waals surface area contributed by atoms with Crippen LogP contribution in [0.2, 0.25) is 0 Å². The lowest BCUT2D eigenvalue weighted by atomic mass is 10.4. The second kappa shape index (κ2) is 10.1. The van der Waals surface area contributed by atoms with Crippen LogP contribution < -0.4 is 10.6 Å².